The van der Waals surface area contributed by atoms with Crippen LogP contribution in [-0.4, -0.2) is 15.7 Å². The summed E-state index contributed by atoms with van der Waals surface area (Å²) in [4.78, 5) is 12.2. The van der Waals surface area contributed by atoms with Gasteiger partial charge in [0.1, 0.15) is 5.82 Å². The summed E-state index contributed by atoms with van der Waals surface area (Å²) in [6.07, 6.45) is 3.24. The maximum atomic E-state index is 13.1. The summed E-state index contributed by atoms with van der Waals surface area (Å²) < 4.78 is 15.6. The Morgan fingerprint density at radius 1 is 1.25 bits per heavy atom. The quantitative estimate of drug-likeness (QED) is 0.678. The molecular weight excluding hydrogens is 397 g/mol. The Morgan fingerprint density at radius 3 is 2.71 bits per heavy atom. The third-order valence-corrected chi connectivity index (χ3v) is 4.23. The minimum atomic E-state index is -0.383. The Bertz CT molecular complexity index is 880. The Kier molecular flexibility index (Phi) is 4.97. The predicted octanol–water partition coefficient (Wildman–Crippen LogP) is 4.74. The average molecular weight is 409 g/mol. The molecule has 0 saturated heterocycles. The van der Waals surface area contributed by atoms with Crippen molar-refractivity contribution in [3.8, 4) is 0 Å². The molecule has 4 nitrogen and oxygen atoms in total. The highest BCUT2D eigenvalue weighted by atomic mass is 79.9. The van der Waals surface area contributed by atoms with Gasteiger partial charge in [-0.15, -0.1) is 0 Å². The largest absolute Gasteiger partial charge is 0.319 e. The van der Waals surface area contributed by atoms with Crippen LogP contribution in [-0.2, 0) is 6.54 Å². The molecule has 0 unspecified atom stereocenters. The highest BCUT2D eigenvalue weighted by Crippen LogP contribution is 2.19. The number of halogens is 3. The molecule has 0 bridgehead atoms. The van der Waals surface area contributed by atoms with Crippen LogP contribution in [0, 0.1) is 5.82 Å². The summed E-state index contributed by atoms with van der Waals surface area (Å²) >= 11 is 9.34. The number of hydrogen-bond acceptors (Lipinski definition) is 2. The first kappa shape index (κ1) is 16.7. The molecule has 0 aliphatic heterocycles. The van der Waals surface area contributed by atoms with E-state index < -0.39 is 0 Å². The van der Waals surface area contributed by atoms with Crippen molar-refractivity contribution in [2.75, 3.05) is 5.32 Å². The Hall–Kier alpha value is -2.18. The molecule has 1 aromatic heterocycles. The van der Waals surface area contributed by atoms with Crippen LogP contribution in [0.5, 0.6) is 0 Å². The van der Waals surface area contributed by atoms with Crippen LogP contribution < -0.4 is 5.32 Å². The zero-order valence-electron chi connectivity index (χ0n) is 12.3. The van der Waals surface area contributed by atoms with Crippen LogP contribution >= 0.6 is 27.5 Å². The molecule has 0 spiro atoms. The monoisotopic (exact) mass is 407 g/mol. The van der Waals surface area contributed by atoms with Crippen LogP contribution in [0.3, 0.4) is 0 Å². The molecule has 1 N–H and O–H groups in total. The molecule has 3 rings (SSSR count). The van der Waals surface area contributed by atoms with Crippen molar-refractivity contribution < 1.29 is 9.18 Å². The number of rotatable bonds is 4. The van der Waals surface area contributed by atoms with Crippen LogP contribution in [0.15, 0.2) is 59.3 Å². The van der Waals surface area contributed by atoms with Gasteiger partial charge in [0.2, 0.25) is 0 Å². The number of benzene rings is 2. The number of amides is 1. The maximum absolute atomic E-state index is 13.1. The summed E-state index contributed by atoms with van der Waals surface area (Å²) in [5.74, 6) is -0.603. The minimum Gasteiger partial charge on any atom is -0.319 e. The SMILES string of the molecule is O=C(Nc1cnn(Cc2ccc(F)cc2Cl)c1)c1ccc(Br)cc1. The number of aromatic nitrogens is 2. The number of anilines is 1. The van der Waals surface area contributed by atoms with Gasteiger partial charge >= 0.3 is 0 Å². The van der Waals surface area contributed by atoms with E-state index in [-0.39, 0.29) is 11.7 Å². The molecule has 0 fully saturated rings. The van der Waals surface area contributed by atoms with E-state index >= 15 is 0 Å². The molecule has 0 aliphatic carbocycles. The molecule has 0 atom stereocenters. The molecule has 0 radical (unpaired) electrons. The first-order valence-corrected chi connectivity index (χ1v) is 8.21. The summed E-state index contributed by atoms with van der Waals surface area (Å²) in [7, 11) is 0. The second kappa shape index (κ2) is 7.15. The summed E-state index contributed by atoms with van der Waals surface area (Å²) in [6.45, 7) is 0.382. The normalized spacial score (nSPS) is 10.6. The van der Waals surface area contributed by atoms with Gasteiger partial charge in [0.25, 0.3) is 5.91 Å². The van der Waals surface area contributed by atoms with Crippen molar-refractivity contribution in [3.63, 3.8) is 0 Å². The van der Waals surface area contributed by atoms with Crippen molar-refractivity contribution >= 4 is 39.1 Å². The second-order valence-corrected chi connectivity index (χ2v) is 6.45. The van der Waals surface area contributed by atoms with Crippen LogP contribution in [0.2, 0.25) is 5.02 Å². The molecule has 122 valence electrons. The van der Waals surface area contributed by atoms with Gasteiger partial charge < -0.3 is 5.32 Å². The molecule has 0 aliphatic rings. The van der Waals surface area contributed by atoms with Gasteiger partial charge in [0, 0.05) is 21.3 Å². The van der Waals surface area contributed by atoms with E-state index in [2.05, 4.69) is 26.3 Å². The lowest BCUT2D eigenvalue weighted by atomic mass is 10.2. The topological polar surface area (TPSA) is 46.9 Å². The molecule has 0 saturated carbocycles. The first-order chi connectivity index (χ1) is 11.5. The fourth-order valence-corrected chi connectivity index (χ4v) is 2.63. The Morgan fingerprint density at radius 2 is 2.00 bits per heavy atom. The van der Waals surface area contributed by atoms with E-state index in [0.29, 0.717) is 22.8 Å². The van der Waals surface area contributed by atoms with Crippen molar-refractivity contribution in [2.24, 2.45) is 0 Å². The molecule has 2 aromatic carbocycles. The van der Waals surface area contributed by atoms with Gasteiger partial charge in [-0.1, -0.05) is 33.6 Å². The molecule has 1 amide bonds. The molecule has 3 aromatic rings. The molecular formula is C17H12BrClFN3O. The minimum absolute atomic E-state index is 0.220. The summed E-state index contributed by atoms with van der Waals surface area (Å²) in [5.41, 5.74) is 1.86. The van der Waals surface area contributed by atoms with Crippen molar-refractivity contribution in [1.82, 2.24) is 9.78 Å². The van der Waals surface area contributed by atoms with Gasteiger partial charge in [-0.3, -0.25) is 9.48 Å². The predicted molar refractivity (Wildman–Crippen MR) is 94.8 cm³/mol. The van der Waals surface area contributed by atoms with Crippen LogP contribution in [0.25, 0.3) is 0 Å². The molecule has 24 heavy (non-hydrogen) atoms. The Labute approximate surface area is 151 Å². The van der Waals surface area contributed by atoms with Crippen molar-refractivity contribution in [3.05, 3.63) is 81.3 Å². The maximum Gasteiger partial charge on any atom is 0.255 e. The number of carbonyl (C=O) groups excluding carboxylic acids is 1. The van der Waals surface area contributed by atoms with Gasteiger partial charge in [-0.2, -0.15) is 5.10 Å². The van der Waals surface area contributed by atoms with E-state index in [1.165, 1.54) is 12.1 Å². The first-order valence-electron chi connectivity index (χ1n) is 7.04. The molecule has 7 heteroatoms. The standard InChI is InChI=1S/C17H12BrClFN3O/c18-13-4-1-11(2-5-13)17(24)22-15-8-21-23(10-15)9-12-3-6-14(20)7-16(12)19/h1-8,10H,9H2,(H,22,24). The third-order valence-electron chi connectivity index (χ3n) is 3.34. The highest BCUT2D eigenvalue weighted by Gasteiger charge is 2.09. The number of nitrogens with zero attached hydrogens (tertiary/aromatic N) is 2. The lowest BCUT2D eigenvalue weighted by molar-refractivity contribution is 0.102. The fourth-order valence-electron chi connectivity index (χ4n) is 2.14. The summed E-state index contributed by atoms with van der Waals surface area (Å²) in [6, 6.07) is 11.3. The lowest BCUT2D eigenvalue weighted by Gasteiger charge is -2.05. The second-order valence-electron chi connectivity index (χ2n) is 5.12. The number of nitrogens with one attached hydrogen (secondary N) is 1. The fraction of sp³-hybridized carbons (Fsp3) is 0.0588. The van der Waals surface area contributed by atoms with Crippen molar-refractivity contribution in [2.45, 2.75) is 6.54 Å². The number of carbonyl (C=O) groups is 1. The van der Waals surface area contributed by atoms with E-state index in [1.54, 1.807) is 47.4 Å². The van der Waals surface area contributed by atoms with E-state index in [0.717, 1.165) is 10.0 Å². The number of hydrogen-bond donors (Lipinski definition) is 1. The van der Waals surface area contributed by atoms with E-state index in [4.69, 9.17) is 11.6 Å². The van der Waals surface area contributed by atoms with Gasteiger partial charge in [-0.25, -0.2) is 4.39 Å². The van der Waals surface area contributed by atoms with E-state index in [9.17, 15) is 9.18 Å². The average Bonchev–Trinajstić information content (AvgIpc) is 2.98. The van der Waals surface area contributed by atoms with Crippen LogP contribution in [0.4, 0.5) is 10.1 Å². The van der Waals surface area contributed by atoms with Gasteiger partial charge in [0.15, 0.2) is 0 Å². The lowest BCUT2D eigenvalue weighted by Crippen LogP contribution is -2.11. The highest BCUT2D eigenvalue weighted by molar-refractivity contribution is 9.10. The van der Waals surface area contributed by atoms with Gasteiger partial charge in [0.05, 0.1) is 18.4 Å². The van der Waals surface area contributed by atoms with Crippen molar-refractivity contribution in [1.29, 1.82) is 0 Å². The third kappa shape index (κ3) is 4.01. The summed E-state index contributed by atoms with van der Waals surface area (Å²) in [5, 5.41) is 7.29. The molecule has 1 heterocycles. The zero-order chi connectivity index (χ0) is 17.1. The van der Waals surface area contributed by atoms with Crippen LogP contribution in [0.1, 0.15) is 15.9 Å². The Balaban J connectivity index is 1.69. The van der Waals surface area contributed by atoms with E-state index in [1.807, 2.05) is 0 Å². The smallest absolute Gasteiger partial charge is 0.255 e. The van der Waals surface area contributed by atoms with Gasteiger partial charge in [-0.05, 0) is 42.0 Å². The zero-order valence-corrected chi connectivity index (χ0v) is 14.7.